The molecule has 4 aromatic rings. The largest absolute Gasteiger partial charge is 0.422 e. The van der Waals surface area contributed by atoms with Gasteiger partial charge in [0.25, 0.3) is 11.6 Å². The molecule has 0 aliphatic rings. The van der Waals surface area contributed by atoms with E-state index in [2.05, 4.69) is 5.32 Å². The molecular weight excluding hydrogens is 517 g/mol. The highest BCUT2D eigenvalue weighted by Gasteiger charge is 2.19. The number of nitro benzene ring substituents is 1. The maximum absolute atomic E-state index is 13.0. The van der Waals surface area contributed by atoms with E-state index in [1.54, 1.807) is 36.4 Å². The van der Waals surface area contributed by atoms with Crippen molar-refractivity contribution in [2.75, 3.05) is 5.32 Å². The Morgan fingerprint density at radius 1 is 0.973 bits per heavy atom. The van der Waals surface area contributed by atoms with Crippen LogP contribution in [0.3, 0.4) is 0 Å². The van der Waals surface area contributed by atoms with Gasteiger partial charge in [-0.25, -0.2) is 4.79 Å². The first-order valence-corrected chi connectivity index (χ1v) is 11.4. The molecule has 182 valence electrons. The average molecular weight is 532 g/mol. The number of nitrogens with one attached hydrogen (secondary N) is 1. The molecule has 0 saturated carbocycles. The van der Waals surface area contributed by atoms with Crippen molar-refractivity contribution in [2.45, 2.75) is 0 Å². The van der Waals surface area contributed by atoms with Crippen molar-refractivity contribution in [3.8, 4) is 11.8 Å². The van der Waals surface area contributed by atoms with E-state index in [-0.39, 0.29) is 32.7 Å². The Balaban J connectivity index is 1.62. The number of hydrogen-bond donors (Lipinski definition) is 1. The van der Waals surface area contributed by atoms with Crippen LogP contribution in [0, 0.1) is 21.4 Å². The van der Waals surface area contributed by atoms with E-state index < -0.39 is 16.8 Å². The van der Waals surface area contributed by atoms with E-state index in [0.29, 0.717) is 11.1 Å². The second kappa shape index (κ2) is 10.9. The fourth-order valence-electron chi connectivity index (χ4n) is 3.52. The second-order valence-electron chi connectivity index (χ2n) is 7.62. The van der Waals surface area contributed by atoms with Crippen LogP contribution in [0.5, 0.6) is 5.75 Å². The van der Waals surface area contributed by atoms with Crippen LogP contribution in [-0.4, -0.2) is 16.8 Å². The number of fused-ring (bicyclic) bond motifs is 1. The number of nitro groups is 1. The molecule has 10 heteroatoms. The summed E-state index contributed by atoms with van der Waals surface area (Å²) in [6, 6.07) is 22.9. The topological polar surface area (TPSA) is 122 Å². The van der Waals surface area contributed by atoms with Gasteiger partial charge in [-0.1, -0.05) is 77.8 Å². The molecule has 0 saturated heterocycles. The molecule has 0 bridgehead atoms. The number of esters is 1. The number of nitriles is 1. The summed E-state index contributed by atoms with van der Waals surface area (Å²) in [4.78, 5) is 36.1. The number of non-ortho nitro benzene ring substituents is 1. The monoisotopic (exact) mass is 531 g/mol. The molecule has 8 nitrogen and oxygen atoms in total. The summed E-state index contributed by atoms with van der Waals surface area (Å²) in [6.45, 7) is 0. The quantitative estimate of drug-likeness (QED) is 0.0726. The number of hydrogen-bond acceptors (Lipinski definition) is 6. The third-order valence-corrected chi connectivity index (χ3v) is 5.87. The predicted octanol–water partition coefficient (Wildman–Crippen LogP) is 6.82. The van der Waals surface area contributed by atoms with Crippen molar-refractivity contribution in [2.24, 2.45) is 0 Å². The van der Waals surface area contributed by atoms with Gasteiger partial charge >= 0.3 is 5.97 Å². The van der Waals surface area contributed by atoms with Crippen LogP contribution in [0.2, 0.25) is 10.0 Å². The molecule has 0 aromatic heterocycles. The highest BCUT2D eigenvalue weighted by molar-refractivity contribution is 6.40. The molecular formula is C27H15Cl2N3O5. The number of carbonyl (C=O) groups is 2. The summed E-state index contributed by atoms with van der Waals surface area (Å²) < 4.78 is 5.63. The molecule has 37 heavy (non-hydrogen) atoms. The first kappa shape index (κ1) is 25.4. The average Bonchev–Trinajstić information content (AvgIpc) is 2.89. The summed E-state index contributed by atoms with van der Waals surface area (Å²) in [5.74, 6) is -1.34. The van der Waals surface area contributed by atoms with Crippen LogP contribution in [0.15, 0.2) is 84.4 Å². The lowest BCUT2D eigenvalue weighted by Crippen LogP contribution is -2.14. The van der Waals surface area contributed by atoms with Crippen LogP contribution in [0.25, 0.3) is 16.8 Å². The van der Waals surface area contributed by atoms with Gasteiger partial charge in [-0.05, 0) is 29.0 Å². The van der Waals surface area contributed by atoms with Crippen molar-refractivity contribution >= 4 is 63.3 Å². The van der Waals surface area contributed by atoms with Crippen LogP contribution < -0.4 is 10.1 Å². The van der Waals surface area contributed by atoms with E-state index in [4.69, 9.17) is 27.9 Å². The van der Waals surface area contributed by atoms with Gasteiger partial charge < -0.3 is 10.1 Å². The number of para-hydroxylation sites is 1. The van der Waals surface area contributed by atoms with E-state index in [1.165, 1.54) is 12.1 Å². The highest BCUT2D eigenvalue weighted by atomic mass is 35.5. The van der Waals surface area contributed by atoms with Gasteiger partial charge in [-0.15, -0.1) is 0 Å². The molecule has 0 radical (unpaired) electrons. The third-order valence-electron chi connectivity index (χ3n) is 5.27. The van der Waals surface area contributed by atoms with Gasteiger partial charge in [0.15, 0.2) is 0 Å². The zero-order chi connectivity index (χ0) is 26.5. The summed E-state index contributed by atoms with van der Waals surface area (Å²) in [5, 5.41) is 24.2. The zero-order valence-corrected chi connectivity index (χ0v) is 20.3. The van der Waals surface area contributed by atoms with Crippen molar-refractivity contribution in [1.29, 1.82) is 5.26 Å². The number of carbonyl (C=O) groups excluding carboxylic acids is 2. The van der Waals surface area contributed by atoms with Gasteiger partial charge in [0.1, 0.15) is 17.4 Å². The molecule has 0 spiro atoms. The maximum atomic E-state index is 13.0. The van der Waals surface area contributed by atoms with E-state index >= 15 is 0 Å². The minimum absolute atomic E-state index is 0.0873. The van der Waals surface area contributed by atoms with Crippen molar-refractivity contribution < 1.29 is 19.2 Å². The summed E-state index contributed by atoms with van der Waals surface area (Å²) in [6.07, 6.45) is 1.24. The smallest absolute Gasteiger partial charge is 0.344 e. The molecule has 1 amide bonds. The lowest BCUT2D eigenvalue weighted by molar-refractivity contribution is -0.384. The Morgan fingerprint density at radius 2 is 1.62 bits per heavy atom. The first-order chi connectivity index (χ1) is 17.8. The van der Waals surface area contributed by atoms with Gasteiger partial charge in [0.05, 0.1) is 26.2 Å². The fourth-order valence-corrected chi connectivity index (χ4v) is 4.09. The molecule has 4 aromatic carbocycles. The van der Waals surface area contributed by atoms with E-state index in [0.717, 1.165) is 22.9 Å². The van der Waals surface area contributed by atoms with Gasteiger partial charge in [-0.2, -0.15) is 5.26 Å². The van der Waals surface area contributed by atoms with Crippen molar-refractivity contribution in [3.63, 3.8) is 0 Å². The number of amides is 1. The normalized spacial score (nSPS) is 11.0. The lowest BCUT2D eigenvalue weighted by Gasteiger charge is -2.11. The zero-order valence-electron chi connectivity index (χ0n) is 18.8. The van der Waals surface area contributed by atoms with Crippen LogP contribution in [0.1, 0.15) is 15.9 Å². The molecule has 0 heterocycles. The summed E-state index contributed by atoms with van der Waals surface area (Å²) >= 11 is 12.1. The van der Waals surface area contributed by atoms with E-state index in [1.807, 2.05) is 30.3 Å². The van der Waals surface area contributed by atoms with E-state index in [9.17, 15) is 25.0 Å². The molecule has 0 unspecified atom stereocenters. The Labute approximate surface area is 220 Å². The number of ether oxygens (including phenoxy) is 1. The molecule has 1 N–H and O–H groups in total. The summed E-state index contributed by atoms with van der Waals surface area (Å²) in [5.41, 5.74) is -0.137. The van der Waals surface area contributed by atoms with Crippen LogP contribution in [-0.2, 0) is 4.79 Å². The number of rotatable bonds is 6. The van der Waals surface area contributed by atoms with Gasteiger partial charge in [-0.3, -0.25) is 14.9 Å². The first-order valence-electron chi connectivity index (χ1n) is 10.6. The van der Waals surface area contributed by atoms with Crippen molar-refractivity contribution in [1.82, 2.24) is 0 Å². The van der Waals surface area contributed by atoms with Crippen LogP contribution in [0.4, 0.5) is 11.4 Å². The molecule has 0 atom stereocenters. The second-order valence-corrected chi connectivity index (χ2v) is 8.43. The molecule has 0 aliphatic carbocycles. The lowest BCUT2D eigenvalue weighted by atomic mass is 10.0. The Hall–Kier alpha value is -4.71. The highest BCUT2D eigenvalue weighted by Crippen LogP contribution is 2.35. The standard InChI is InChI=1S/C27H15Cl2N3O5/c28-22-13-19(32(35)36)14-23(29)25(22)31-26(33)18(15-30)12-17-7-2-4-11-24(17)37-27(34)21-10-5-8-16-6-1-3-9-20(16)21/h1-14H,(H,31,33)/b18-12+. The molecule has 0 fully saturated rings. The maximum Gasteiger partial charge on any atom is 0.344 e. The number of anilines is 1. The van der Waals surface area contributed by atoms with Crippen LogP contribution >= 0.6 is 23.2 Å². The minimum Gasteiger partial charge on any atom is -0.422 e. The SMILES string of the molecule is N#C/C(=C\c1ccccc1OC(=O)c1cccc2ccccc12)C(=O)Nc1c(Cl)cc([N+](=O)[O-])cc1Cl. The fraction of sp³-hybridized carbons (Fsp3) is 0. The number of benzene rings is 4. The Morgan fingerprint density at radius 3 is 2.32 bits per heavy atom. The Kier molecular flexibility index (Phi) is 7.49. The third kappa shape index (κ3) is 5.59. The summed E-state index contributed by atoms with van der Waals surface area (Å²) in [7, 11) is 0. The predicted molar refractivity (Wildman–Crippen MR) is 141 cm³/mol. The number of nitrogens with zero attached hydrogens (tertiary/aromatic N) is 2. The molecule has 0 aliphatic heterocycles. The number of halogens is 2. The van der Waals surface area contributed by atoms with Gasteiger partial charge in [0, 0.05) is 17.7 Å². The van der Waals surface area contributed by atoms with Crippen molar-refractivity contribution in [3.05, 3.63) is 116 Å². The van der Waals surface area contributed by atoms with Gasteiger partial charge in [0.2, 0.25) is 0 Å². The minimum atomic E-state index is -0.865. The Bertz CT molecular complexity index is 1610. The molecule has 4 rings (SSSR count).